The molecule has 0 aromatic carbocycles. The first-order valence-corrected chi connectivity index (χ1v) is 4.29. The molecular formula is C10H13N3. The fourth-order valence-electron chi connectivity index (χ4n) is 1.55. The molecule has 0 unspecified atom stereocenters. The Kier molecular flexibility index (Phi) is 1.72. The molecule has 3 heteroatoms. The molecule has 68 valence electrons. The highest BCUT2D eigenvalue weighted by Gasteiger charge is 2.16. The van der Waals surface area contributed by atoms with Gasteiger partial charge in [0.05, 0.1) is 12.2 Å². The minimum Gasteiger partial charge on any atom is -0.355 e. The number of anilines is 2. The predicted molar refractivity (Wildman–Crippen MR) is 55.0 cm³/mol. The minimum absolute atomic E-state index is 0.822. The number of hydrogen-bond donors (Lipinski definition) is 1. The van der Waals surface area contributed by atoms with Gasteiger partial charge in [-0.25, -0.2) is 4.98 Å². The summed E-state index contributed by atoms with van der Waals surface area (Å²) in [4.78, 5) is 6.45. The van der Waals surface area contributed by atoms with E-state index in [9.17, 15) is 0 Å². The number of rotatable bonds is 0. The molecule has 0 spiro atoms. The van der Waals surface area contributed by atoms with Gasteiger partial charge in [0.1, 0.15) is 0 Å². The highest BCUT2D eigenvalue weighted by molar-refractivity contribution is 5.71. The fraction of sp³-hybridized carbons (Fsp3) is 0.300. The van der Waals surface area contributed by atoms with Crippen molar-refractivity contribution in [1.82, 2.24) is 4.98 Å². The minimum atomic E-state index is 0.822. The Morgan fingerprint density at radius 2 is 2.38 bits per heavy atom. The molecule has 0 saturated heterocycles. The van der Waals surface area contributed by atoms with Crippen LogP contribution in [0.2, 0.25) is 0 Å². The largest absolute Gasteiger partial charge is 0.355 e. The monoisotopic (exact) mass is 175 g/mol. The Hall–Kier alpha value is -1.51. The molecule has 0 atom stereocenters. The molecule has 2 rings (SSSR count). The average Bonchev–Trinajstić information content (AvgIpc) is 2.02. The zero-order valence-corrected chi connectivity index (χ0v) is 7.96. The van der Waals surface area contributed by atoms with Gasteiger partial charge in [0.2, 0.25) is 0 Å². The summed E-state index contributed by atoms with van der Waals surface area (Å²) in [5.41, 5.74) is 3.23. The van der Waals surface area contributed by atoms with E-state index in [2.05, 4.69) is 27.8 Å². The van der Waals surface area contributed by atoms with Gasteiger partial charge >= 0.3 is 0 Å². The number of aromatic nitrogens is 1. The van der Waals surface area contributed by atoms with Gasteiger partial charge in [0, 0.05) is 18.9 Å². The van der Waals surface area contributed by atoms with Crippen LogP contribution in [0.5, 0.6) is 0 Å². The van der Waals surface area contributed by atoms with E-state index in [1.165, 1.54) is 0 Å². The quantitative estimate of drug-likeness (QED) is 0.651. The van der Waals surface area contributed by atoms with E-state index >= 15 is 0 Å². The lowest BCUT2D eigenvalue weighted by Crippen LogP contribution is -2.29. The molecule has 0 bridgehead atoms. The molecule has 0 fully saturated rings. The Balaban J connectivity index is 2.49. The molecular weight excluding hydrogens is 162 g/mol. The summed E-state index contributed by atoms with van der Waals surface area (Å²) in [7, 11) is 2.02. The van der Waals surface area contributed by atoms with Crippen molar-refractivity contribution in [3.05, 3.63) is 30.1 Å². The van der Waals surface area contributed by atoms with Crippen molar-refractivity contribution in [3.8, 4) is 0 Å². The zero-order chi connectivity index (χ0) is 9.42. The maximum atomic E-state index is 4.36. The van der Waals surface area contributed by atoms with Crippen molar-refractivity contribution in [2.45, 2.75) is 6.92 Å². The second-order valence-electron chi connectivity index (χ2n) is 3.47. The lowest BCUT2D eigenvalue weighted by Gasteiger charge is -2.28. The topological polar surface area (TPSA) is 28.2 Å². The van der Waals surface area contributed by atoms with E-state index in [0.29, 0.717) is 0 Å². The van der Waals surface area contributed by atoms with E-state index in [0.717, 1.165) is 29.3 Å². The predicted octanol–water partition coefficient (Wildman–Crippen LogP) is 1.77. The number of nitrogens with one attached hydrogen (secondary N) is 1. The molecule has 0 saturated carbocycles. The Morgan fingerprint density at radius 1 is 1.62 bits per heavy atom. The number of aryl methyl sites for hydroxylation is 1. The zero-order valence-electron chi connectivity index (χ0n) is 7.96. The highest BCUT2D eigenvalue weighted by atomic mass is 15.2. The van der Waals surface area contributed by atoms with Crippen molar-refractivity contribution < 1.29 is 0 Å². The van der Waals surface area contributed by atoms with E-state index in [-0.39, 0.29) is 0 Å². The summed E-state index contributed by atoms with van der Waals surface area (Å²) >= 11 is 0. The lowest BCUT2D eigenvalue weighted by atomic mass is 10.2. The van der Waals surface area contributed by atoms with Gasteiger partial charge in [0.25, 0.3) is 0 Å². The molecule has 0 aliphatic carbocycles. The molecule has 0 radical (unpaired) electrons. The SMILES string of the molecule is C=C1CN(C)c2ncc(C)cc2N1. The molecule has 1 aromatic heterocycles. The summed E-state index contributed by atoms with van der Waals surface area (Å²) in [5.74, 6) is 0.998. The number of fused-ring (bicyclic) bond motifs is 1. The van der Waals surface area contributed by atoms with Crippen LogP contribution in [0.1, 0.15) is 5.56 Å². The van der Waals surface area contributed by atoms with Crippen molar-refractivity contribution in [3.63, 3.8) is 0 Å². The molecule has 3 nitrogen and oxygen atoms in total. The first-order chi connectivity index (χ1) is 6.16. The molecule has 1 aliphatic heterocycles. The maximum Gasteiger partial charge on any atom is 0.152 e. The standard InChI is InChI=1S/C10H13N3/c1-7-4-9-10(11-5-7)13(3)6-8(2)12-9/h4-5,12H,2,6H2,1,3H3. The number of pyridine rings is 1. The van der Waals surface area contributed by atoms with E-state index in [1.807, 2.05) is 20.2 Å². The second-order valence-corrected chi connectivity index (χ2v) is 3.47. The Bertz CT molecular complexity index is 357. The average molecular weight is 175 g/mol. The number of nitrogens with zero attached hydrogens (tertiary/aromatic N) is 2. The van der Waals surface area contributed by atoms with Gasteiger partial charge < -0.3 is 10.2 Å². The lowest BCUT2D eigenvalue weighted by molar-refractivity contribution is 0.929. The summed E-state index contributed by atoms with van der Waals surface area (Å²) in [6.07, 6.45) is 1.88. The molecule has 2 heterocycles. The van der Waals surface area contributed by atoms with Gasteiger partial charge in [-0.05, 0) is 18.6 Å². The van der Waals surface area contributed by atoms with Crippen LogP contribution in [0, 0.1) is 6.92 Å². The first-order valence-electron chi connectivity index (χ1n) is 4.29. The van der Waals surface area contributed by atoms with Gasteiger partial charge in [-0.3, -0.25) is 0 Å². The van der Waals surface area contributed by atoms with Crippen molar-refractivity contribution in [2.24, 2.45) is 0 Å². The second kappa shape index (κ2) is 2.76. The van der Waals surface area contributed by atoms with Crippen LogP contribution in [0.3, 0.4) is 0 Å². The third kappa shape index (κ3) is 1.37. The van der Waals surface area contributed by atoms with Gasteiger partial charge in [-0.2, -0.15) is 0 Å². The van der Waals surface area contributed by atoms with Crippen LogP contribution in [0.4, 0.5) is 11.5 Å². The van der Waals surface area contributed by atoms with Crippen LogP contribution in [0.15, 0.2) is 24.5 Å². The van der Waals surface area contributed by atoms with Crippen molar-refractivity contribution in [1.29, 1.82) is 0 Å². The molecule has 1 aromatic rings. The molecule has 1 N–H and O–H groups in total. The van der Waals surface area contributed by atoms with Crippen LogP contribution >= 0.6 is 0 Å². The third-order valence-electron chi connectivity index (χ3n) is 2.10. The van der Waals surface area contributed by atoms with Crippen LogP contribution in [-0.4, -0.2) is 18.6 Å². The summed E-state index contributed by atoms with van der Waals surface area (Å²) < 4.78 is 0. The van der Waals surface area contributed by atoms with Gasteiger partial charge in [-0.15, -0.1) is 0 Å². The Morgan fingerprint density at radius 3 is 3.15 bits per heavy atom. The summed E-state index contributed by atoms with van der Waals surface area (Å²) in [6, 6.07) is 2.09. The maximum absolute atomic E-state index is 4.36. The van der Waals surface area contributed by atoms with E-state index in [1.54, 1.807) is 0 Å². The molecule has 1 aliphatic rings. The molecule has 0 amide bonds. The number of hydrogen-bond acceptors (Lipinski definition) is 3. The van der Waals surface area contributed by atoms with E-state index in [4.69, 9.17) is 0 Å². The Labute approximate surface area is 78.1 Å². The van der Waals surface area contributed by atoms with Crippen LogP contribution < -0.4 is 10.2 Å². The summed E-state index contributed by atoms with van der Waals surface area (Å²) in [6.45, 7) is 6.77. The van der Waals surface area contributed by atoms with Crippen molar-refractivity contribution in [2.75, 3.05) is 23.8 Å². The summed E-state index contributed by atoms with van der Waals surface area (Å²) in [5, 5.41) is 3.23. The fourth-order valence-corrected chi connectivity index (χ4v) is 1.55. The normalized spacial score (nSPS) is 15.2. The third-order valence-corrected chi connectivity index (χ3v) is 2.10. The van der Waals surface area contributed by atoms with Crippen molar-refractivity contribution >= 4 is 11.5 Å². The first kappa shape index (κ1) is 8.10. The van der Waals surface area contributed by atoms with E-state index < -0.39 is 0 Å². The van der Waals surface area contributed by atoms with Crippen LogP contribution in [0.25, 0.3) is 0 Å². The smallest absolute Gasteiger partial charge is 0.152 e. The van der Waals surface area contributed by atoms with Crippen LogP contribution in [-0.2, 0) is 0 Å². The highest BCUT2D eigenvalue weighted by Crippen LogP contribution is 2.28. The van der Waals surface area contributed by atoms with Gasteiger partial charge in [-0.1, -0.05) is 6.58 Å². The number of likely N-dealkylation sites (N-methyl/N-ethyl adjacent to an activating group) is 1. The van der Waals surface area contributed by atoms with Gasteiger partial charge in [0.15, 0.2) is 5.82 Å². The molecule has 13 heavy (non-hydrogen) atoms.